The van der Waals surface area contributed by atoms with Crippen LogP contribution in [0.2, 0.25) is 13.8 Å². The Morgan fingerprint density at radius 1 is 1.32 bits per heavy atom. The number of nitrogens with zero attached hydrogens (tertiary/aromatic N) is 1. The lowest BCUT2D eigenvalue weighted by Crippen LogP contribution is -2.14. The molecule has 2 aromatic rings. The molecule has 0 atom stereocenters. The third-order valence-corrected chi connectivity index (χ3v) is 5.65. The minimum absolute atomic E-state index is 0.0704. The van der Waals surface area contributed by atoms with E-state index in [0.717, 1.165) is 11.3 Å². The highest BCUT2D eigenvalue weighted by molar-refractivity contribution is 7.93. The molecule has 0 saturated heterocycles. The smallest absolute Gasteiger partial charge is 0.264 e. The van der Waals surface area contributed by atoms with Crippen LogP contribution in [0, 0.1) is 6.92 Å². The summed E-state index contributed by atoms with van der Waals surface area (Å²) in [6.07, 6.45) is 1.49. The van der Waals surface area contributed by atoms with Crippen molar-refractivity contribution in [2.75, 3.05) is 4.72 Å². The van der Waals surface area contributed by atoms with Gasteiger partial charge in [0.05, 0.1) is 10.0 Å². The maximum Gasteiger partial charge on any atom is 0.264 e. The zero-order chi connectivity index (χ0) is 14.2. The first-order chi connectivity index (χ1) is 8.81. The molecular formula is C10H7Cl3N2O2S2. The van der Waals surface area contributed by atoms with Crippen LogP contribution in [0.5, 0.6) is 0 Å². The molecule has 0 fully saturated rings. The van der Waals surface area contributed by atoms with Crippen molar-refractivity contribution in [3.05, 3.63) is 37.7 Å². The predicted octanol–water partition coefficient (Wildman–Crippen LogP) is 4.21. The molecule has 102 valence electrons. The standard InChI is InChI=1S/C10H7Cl3N2O2S2/c1-5-2-3-14-9(12)8(5)15-19(16,17)6-4-7(11)18-10(6)13/h2-4,15H,1H3. The maximum absolute atomic E-state index is 12.2. The van der Waals surface area contributed by atoms with E-state index in [1.54, 1.807) is 13.0 Å². The van der Waals surface area contributed by atoms with Crippen LogP contribution in [-0.2, 0) is 10.0 Å². The van der Waals surface area contributed by atoms with Crippen molar-refractivity contribution < 1.29 is 8.42 Å². The molecule has 0 unspecified atom stereocenters. The van der Waals surface area contributed by atoms with Crippen LogP contribution in [0.15, 0.2) is 23.2 Å². The van der Waals surface area contributed by atoms with Gasteiger partial charge in [-0.25, -0.2) is 13.4 Å². The number of hydrogen-bond acceptors (Lipinski definition) is 4. The van der Waals surface area contributed by atoms with Crippen molar-refractivity contribution in [1.82, 2.24) is 4.98 Å². The first kappa shape index (κ1) is 14.9. The van der Waals surface area contributed by atoms with E-state index in [1.165, 1.54) is 12.3 Å². The molecule has 2 rings (SSSR count). The second-order valence-electron chi connectivity index (χ2n) is 3.59. The molecule has 2 heterocycles. The van der Waals surface area contributed by atoms with Gasteiger partial charge < -0.3 is 0 Å². The highest BCUT2D eigenvalue weighted by Gasteiger charge is 2.23. The molecule has 0 aliphatic rings. The van der Waals surface area contributed by atoms with E-state index in [1.807, 2.05) is 0 Å². The van der Waals surface area contributed by atoms with Gasteiger partial charge in [0.1, 0.15) is 9.23 Å². The molecule has 0 saturated carbocycles. The lowest BCUT2D eigenvalue weighted by molar-refractivity contribution is 0.601. The van der Waals surface area contributed by atoms with Gasteiger partial charge in [0.15, 0.2) is 5.15 Å². The monoisotopic (exact) mass is 356 g/mol. The van der Waals surface area contributed by atoms with E-state index < -0.39 is 10.0 Å². The van der Waals surface area contributed by atoms with Crippen molar-refractivity contribution in [2.24, 2.45) is 0 Å². The molecule has 0 spiro atoms. The molecular weight excluding hydrogens is 351 g/mol. The molecule has 0 aliphatic carbocycles. The van der Waals surface area contributed by atoms with E-state index in [9.17, 15) is 8.42 Å². The minimum atomic E-state index is -3.85. The average molecular weight is 358 g/mol. The molecule has 19 heavy (non-hydrogen) atoms. The van der Waals surface area contributed by atoms with Gasteiger partial charge in [0.25, 0.3) is 10.0 Å². The minimum Gasteiger partial charge on any atom is -0.276 e. The lowest BCUT2D eigenvalue weighted by Gasteiger charge is -2.10. The second-order valence-corrected chi connectivity index (χ2v) is 7.88. The van der Waals surface area contributed by atoms with E-state index in [2.05, 4.69) is 9.71 Å². The van der Waals surface area contributed by atoms with Gasteiger partial charge >= 0.3 is 0 Å². The number of rotatable bonds is 3. The number of halogens is 3. The molecule has 9 heteroatoms. The largest absolute Gasteiger partial charge is 0.276 e. The fraction of sp³-hybridized carbons (Fsp3) is 0.100. The third-order valence-electron chi connectivity index (χ3n) is 2.26. The summed E-state index contributed by atoms with van der Waals surface area (Å²) in [5.41, 5.74) is 0.878. The van der Waals surface area contributed by atoms with Gasteiger partial charge in [-0.15, -0.1) is 11.3 Å². The van der Waals surface area contributed by atoms with Crippen LogP contribution >= 0.6 is 46.1 Å². The number of hydrogen-bond donors (Lipinski definition) is 1. The summed E-state index contributed by atoms with van der Waals surface area (Å²) in [6, 6.07) is 2.93. The van der Waals surface area contributed by atoms with Crippen molar-refractivity contribution >= 4 is 61.9 Å². The molecule has 0 bridgehead atoms. The Labute approximate surface area is 129 Å². The molecule has 0 radical (unpaired) electrons. The Kier molecular flexibility index (Phi) is 4.27. The second kappa shape index (κ2) is 5.46. The number of thiophene rings is 1. The average Bonchev–Trinajstić information content (AvgIpc) is 2.64. The van der Waals surface area contributed by atoms with Crippen LogP contribution in [-0.4, -0.2) is 13.4 Å². The number of nitrogens with one attached hydrogen (secondary N) is 1. The Bertz CT molecular complexity index is 708. The van der Waals surface area contributed by atoms with E-state index >= 15 is 0 Å². The molecule has 4 nitrogen and oxygen atoms in total. The quantitative estimate of drug-likeness (QED) is 0.837. The van der Waals surface area contributed by atoms with Gasteiger partial charge in [-0.3, -0.25) is 4.72 Å². The first-order valence-electron chi connectivity index (χ1n) is 4.90. The summed E-state index contributed by atoms with van der Waals surface area (Å²) in [5.74, 6) is 0. The summed E-state index contributed by atoms with van der Waals surface area (Å²) in [4.78, 5) is 3.75. The first-order valence-corrected chi connectivity index (χ1v) is 8.33. The summed E-state index contributed by atoms with van der Waals surface area (Å²) < 4.78 is 27.2. The summed E-state index contributed by atoms with van der Waals surface area (Å²) in [6.45, 7) is 1.72. The van der Waals surface area contributed by atoms with Crippen molar-refractivity contribution in [3.63, 3.8) is 0 Å². The van der Waals surface area contributed by atoms with Crippen LogP contribution in [0.25, 0.3) is 0 Å². The van der Waals surface area contributed by atoms with Gasteiger partial charge in [0, 0.05) is 6.20 Å². The zero-order valence-electron chi connectivity index (χ0n) is 9.45. The zero-order valence-corrected chi connectivity index (χ0v) is 13.3. The Morgan fingerprint density at radius 2 is 2.00 bits per heavy atom. The van der Waals surface area contributed by atoms with Crippen LogP contribution in [0.3, 0.4) is 0 Å². The van der Waals surface area contributed by atoms with E-state index in [-0.39, 0.29) is 20.1 Å². The Balaban J connectivity index is 2.45. The third kappa shape index (κ3) is 3.14. The summed E-state index contributed by atoms with van der Waals surface area (Å²) in [5, 5.41) is 0.0704. The summed E-state index contributed by atoms with van der Waals surface area (Å²) >= 11 is 18.4. The number of aromatic nitrogens is 1. The predicted molar refractivity (Wildman–Crippen MR) is 79.1 cm³/mol. The van der Waals surface area contributed by atoms with E-state index in [0.29, 0.717) is 9.90 Å². The van der Waals surface area contributed by atoms with Gasteiger partial charge in [-0.1, -0.05) is 34.8 Å². The number of sulfonamides is 1. The highest BCUT2D eigenvalue weighted by Crippen LogP contribution is 2.36. The lowest BCUT2D eigenvalue weighted by atomic mass is 10.3. The number of aryl methyl sites for hydroxylation is 1. The SMILES string of the molecule is Cc1ccnc(Cl)c1NS(=O)(=O)c1cc(Cl)sc1Cl. The van der Waals surface area contributed by atoms with Gasteiger partial charge in [0.2, 0.25) is 0 Å². The highest BCUT2D eigenvalue weighted by atomic mass is 35.5. The maximum atomic E-state index is 12.2. The topological polar surface area (TPSA) is 59.1 Å². The normalized spacial score (nSPS) is 11.6. The van der Waals surface area contributed by atoms with Gasteiger partial charge in [-0.05, 0) is 24.6 Å². The van der Waals surface area contributed by atoms with Crippen LogP contribution < -0.4 is 4.72 Å². The fourth-order valence-electron chi connectivity index (χ4n) is 1.35. The molecule has 2 aromatic heterocycles. The van der Waals surface area contributed by atoms with Crippen LogP contribution in [0.1, 0.15) is 5.56 Å². The Morgan fingerprint density at radius 3 is 2.53 bits per heavy atom. The fourth-order valence-corrected chi connectivity index (χ4v) is 4.94. The van der Waals surface area contributed by atoms with E-state index in [4.69, 9.17) is 34.8 Å². The molecule has 0 aromatic carbocycles. The van der Waals surface area contributed by atoms with Crippen LogP contribution in [0.4, 0.5) is 5.69 Å². The molecule has 0 aliphatic heterocycles. The van der Waals surface area contributed by atoms with Crippen molar-refractivity contribution in [3.8, 4) is 0 Å². The van der Waals surface area contributed by atoms with Gasteiger partial charge in [-0.2, -0.15) is 0 Å². The number of anilines is 1. The summed E-state index contributed by atoms with van der Waals surface area (Å²) in [7, 11) is -3.85. The molecule has 1 N–H and O–H groups in total. The molecule has 0 amide bonds. The Hall–Kier alpha value is -0.530. The van der Waals surface area contributed by atoms with Crippen molar-refractivity contribution in [1.29, 1.82) is 0 Å². The van der Waals surface area contributed by atoms with Crippen molar-refractivity contribution in [2.45, 2.75) is 11.8 Å². The number of pyridine rings is 1.